The molecule has 0 rings (SSSR count). The monoisotopic (exact) mass is 202 g/mol. The molecule has 0 bridgehead atoms. The summed E-state index contributed by atoms with van der Waals surface area (Å²) in [6.07, 6.45) is 5.81. The zero-order chi connectivity index (χ0) is 11.4. The SMILES string of the molecule is C#CCCC(C)C(F)(F)CC(C)(C)C. The van der Waals surface area contributed by atoms with Gasteiger partial charge in [-0.25, -0.2) is 8.78 Å². The average Bonchev–Trinajstić information content (AvgIpc) is 1.95. The lowest BCUT2D eigenvalue weighted by molar-refractivity contribution is -0.0832. The van der Waals surface area contributed by atoms with E-state index >= 15 is 0 Å². The van der Waals surface area contributed by atoms with Crippen molar-refractivity contribution in [3.8, 4) is 12.3 Å². The molecule has 0 N–H and O–H groups in total. The second-order valence-corrected chi connectivity index (χ2v) is 5.14. The van der Waals surface area contributed by atoms with Gasteiger partial charge in [0.25, 0.3) is 5.92 Å². The zero-order valence-electron chi connectivity index (χ0n) is 9.53. The number of alkyl halides is 2. The smallest absolute Gasteiger partial charge is 0.207 e. The zero-order valence-corrected chi connectivity index (χ0v) is 9.53. The minimum Gasteiger partial charge on any atom is -0.207 e. The Morgan fingerprint density at radius 2 is 1.79 bits per heavy atom. The molecule has 2 heteroatoms. The molecule has 0 aromatic rings. The molecular formula is C12H20F2. The minimum absolute atomic E-state index is 0.0776. The van der Waals surface area contributed by atoms with E-state index in [2.05, 4.69) is 5.92 Å². The van der Waals surface area contributed by atoms with Crippen molar-refractivity contribution < 1.29 is 8.78 Å². The summed E-state index contributed by atoms with van der Waals surface area (Å²) in [7, 11) is 0. The minimum atomic E-state index is -2.60. The van der Waals surface area contributed by atoms with Crippen LogP contribution >= 0.6 is 0 Å². The fraction of sp³-hybridized carbons (Fsp3) is 0.833. The lowest BCUT2D eigenvalue weighted by Gasteiger charge is -2.30. The first kappa shape index (κ1) is 13.4. The molecular weight excluding hydrogens is 182 g/mol. The summed E-state index contributed by atoms with van der Waals surface area (Å²) in [4.78, 5) is 0. The van der Waals surface area contributed by atoms with Gasteiger partial charge in [0.05, 0.1) is 0 Å². The molecule has 0 aliphatic carbocycles. The van der Waals surface area contributed by atoms with Crippen molar-refractivity contribution in [2.45, 2.75) is 52.9 Å². The van der Waals surface area contributed by atoms with Crippen molar-refractivity contribution in [2.24, 2.45) is 11.3 Å². The second kappa shape index (κ2) is 4.77. The summed E-state index contributed by atoms with van der Waals surface area (Å²) in [5.74, 6) is -0.829. The Labute approximate surface area is 86.1 Å². The highest BCUT2D eigenvalue weighted by atomic mass is 19.3. The van der Waals surface area contributed by atoms with Crippen LogP contribution in [0.2, 0.25) is 0 Å². The highest BCUT2D eigenvalue weighted by molar-refractivity contribution is 4.87. The summed E-state index contributed by atoms with van der Waals surface area (Å²) in [6, 6.07) is 0. The maximum absolute atomic E-state index is 13.6. The van der Waals surface area contributed by atoms with Crippen LogP contribution in [0.1, 0.15) is 47.0 Å². The average molecular weight is 202 g/mol. The van der Waals surface area contributed by atoms with Crippen molar-refractivity contribution in [3.05, 3.63) is 0 Å². The van der Waals surface area contributed by atoms with Gasteiger partial charge in [0.2, 0.25) is 0 Å². The molecule has 82 valence electrons. The number of terminal acetylenes is 1. The van der Waals surface area contributed by atoms with Crippen LogP contribution < -0.4 is 0 Å². The fourth-order valence-electron chi connectivity index (χ4n) is 1.39. The molecule has 0 spiro atoms. The van der Waals surface area contributed by atoms with Gasteiger partial charge in [-0.1, -0.05) is 27.7 Å². The van der Waals surface area contributed by atoms with Crippen LogP contribution in [0.3, 0.4) is 0 Å². The molecule has 0 heterocycles. The fourth-order valence-corrected chi connectivity index (χ4v) is 1.39. The van der Waals surface area contributed by atoms with Gasteiger partial charge >= 0.3 is 0 Å². The largest absolute Gasteiger partial charge is 0.251 e. The van der Waals surface area contributed by atoms with E-state index in [9.17, 15) is 8.78 Å². The normalized spacial score (nSPS) is 14.9. The summed E-state index contributed by atoms with van der Waals surface area (Å²) < 4.78 is 27.1. The molecule has 0 fully saturated rings. The number of hydrogen-bond acceptors (Lipinski definition) is 0. The van der Waals surface area contributed by atoms with Gasteiger partial charge in [0, 0.05) is 18.8 Å². The Morgan fingerprint density at radius 3 is 2.14 bits per heavy atom. The van der Waals surface area contributed by atoms with E-state index in [4.69, 9.17) is 6.42 Å². The summed E-state index contributed by atoms with van der Waals surface area (Å²) in [5.41, 5.74) is -0.339. The molecule has 0 aromatic heterocycles. The molecule has 0 aliphatic rings. The lowest BCUT2D eigenvalue weighted by Crippen LogP contribution is -2.31. The van der Waals surface area contributed by atoms with Gasteiger partial charge in [-0.2, -0.15) is 0 Å². The van der Waals surface area contributed by atoms with E-state index < -0.39 is 11.8 Å². The van der Waals surface area contributed by atoms with Gasteiger partial charge in [-0.3, -0.25) is 0 Å². The van der Waals surface area contributed by atoms with Crippen LogP contribution in [0.25, 0.3) is 0 Å². The maximum atomic E-state index is 13.6. The first-order chi connectivity index (χ1) is 6.19. The lowest BCUT2D eigenvalue weighted by atomic mass is 9.83. The number of halogens is 2. The third kappa shape index (κ3) is 5.21. The van der Waals surface area contributed by atoms with Crippen molar-refractivity contribution in [1.29, 1.82) is 0 Å². The highest BCUT2D eigenvalue weighted by Crippen LogP contribution is 2.38. The molecule has 1 unspecified atom stereocenters. The Morgan fingerprint density at radius 1 is 1.29 bits per heavy atom. The Kier molecular flexibility index (Phi) is 4.58. The van der Waals surface area contributed by atoms with Crippen LogP contribution in [-0.4, -0.2) is 5.92 Å². The van der Waals surface area contributed by atoms with E-state index in [0.29, 0.717) is 12.8 Å². The van der Waals surface area contributed by atoms with E-state index in [1.54, 1.807) is 6.92 Å². The molecule has 0 amide bonds. The van der Waals surface area contributed by atoms with Crippen LogP contribution in [0.5, 0.6) is 0 Å². The number of rotatable bonds is 4. The molecule has 0 radical (unpaired) electrons. The highest BCUT2D eigenvalue weighted by Gasteiger charge is 2.39. The maximum Gasteiger partial charge on any atom is 0.251 e. The Hall–Kier alpha value is -0.580. The Balaban J connectivity index is 4.24. The molecule has 0 saturated heterocycles. The molecule has 0 aliphatic heterocycles. The predicted molar refractivity (Wildman–Crippen MR) is 56.3 cm³/mol. The van der Waals surface area contributed by atoms with Crippen LogP contribution in [0.4, 0.5) is 8.78 Å². The predicted octanol–water partition coefficient (Wildman–Crippen LogP) is 4.11. The standard InChI is InChI=1S/C12H20F2/c1-6-7-8-10(2)12(13,14)9-11(3,4)5/h1,10H,7-9H2,2-5H3. The van der Waals surface area contributed by atoms with Crippen LogP contribution in [0.15, 0.2) is 0 Å². The number of hydrogen-bond donors (Lipinski definition) is 0. The van der Waals surface area contributed by atoms with E-state index in [-0.39, 0.29) is 11.8 Å². The molecule has 1 atom stereocenters. The van der Waals surface area contributed by atoms with Crippen molar-refractivity contribution in [2.75, 3.05) is 0 Å². The Bertz CT molecular complexity index is 205. The molecule has 0 nitrogen and oxygen atoms in total. The van der Waals surface area contributed by atoms with Gasteiger partial charge < -0.3 is 0 Å². The molecule has 0 aromatic carbocycles. The first-order valence-electron chi connectivity index (χ1n) is 5.00. The van der Waals surface area contributed by atoms with Gasteiger partial charge in [0.1, 0.15) is 0 Å². The van der Waals surface area contributed by atoms with Gasteiger partial charge in [0.15, 0.2) is 0 Å². The summed E-state index contributed by atoms with van der Waals surface area (Å²) in [6.45, 7) is 7.06. The molecule has 14 heavy (non-hydrogen) atoms. The van der Waals surface area contributed by atoms with E-state index in [0.717, 1.165) is 0 Å². The topological polar surface area (TPSA) is 0 Å². The van der Waals surface area contributed by atoms with E-state index in [1.807, 2.05) is 20.8 Å². The van der Waals surface area contributed by atoms with Gasteiger partial charge in [-0.05, 0) is 11.8 Å². The van der Waals surface area contributed by atoms with Crippen molar-refractivity contribution in [1.82, 2.24) is 0 Å². The van der Waals surface area contributed by atoms with E-state index in [1.165, 1.54) is 0 Å². The van der Waals surface area contributed by atoms with Crippen molar-refractivity contribution >= 4 is 0 Å². The third-order valence-corrected chi connectivity index (χ3v) is 2.21. The van der Waals surface area contributed by atoms with Crippen LogP contribution in [-0.2, 0) is 0 Å². The first-order valence-corrected chi connectivity index (χ1v) is 5.00. The molecule has 0 saturated carbocycles. The summed E-state index contributed by atoms with van der Waals surface area (Å²) in [5, 5.41) is 0. The second-order valence-electron chi connectivity index (χ2n) is 5.14. The summed E-state index contributed by atoms with van der Waals surface area (Å²) >= 11 is 0. The van der Waals surface area contributed by atoms with Crippen molar-refractivity contribution in [3.63, 3.8) is 0 Å². The van der Waals surface area contributed by atoms with Gasteiger partial charge in [-0.15, -0.1) is 12.3 Å². The quantitative estimate of drug-likeness (QED) is 0.602. The third-order valence-electron chi connectivity index (χ3n) is 2.21. The van der Waals surface area contributed by atoms with Crippen LogP contribution in [0, 0.1) is 23.7 Å².